The largest absolute Gasteiger partial charge is 0.385 e. The van der Waals surface area contributed by atoms with E-state index in [1.807, 2.05) is 62.9 Å². The molecule has 6 heteroatoms. The number of rotatable bonds is 6. The van der Waals surface area contributed by atoms with E-state index in [0.717, 1.165) is 5.56 Å². The Balaban J connectivity index is 1.71. The van der Waals surface area contributed by atoms with Gasteiger partial charge in [-0.1, -0.05) is 55.8 Å². The molecule has 1 saturated heterocycles. The van der Waals surface area contributed by atoms with Crippen molar-refractivity contribution >= 4 is 23.4 Å². The van der Waals surface area contributed by atoms with Crippen molar-refractivity contribution < 1.29 is 14.7 Å². The molecule has 0 aliphatic carbocycles. The van der Waals surface area contributed by atoms with Crippen LogP contribution in [0.2, 0.25) is 5.02 Å². The normalized spacial score (nSPS) is 24.3. The second-order valence-corrected chi connectivity index (χ2v) is 9.75. The van der Waals surface area contributed by atoms with Crippen LogP contribution in [0.3, 0.4) is 0 Å². The van der Waals surface area contributed by atoms with E-state index in [2.05, 4.69) is 5.32 Å². The average molecular weight is 457 g/mol. The molecule has 1 heterocycles. The molecule has 32 heavy (non-hydrogen) atoms. The zero-order chi connectivity index (χ0) is 23.5. The van der Waals surface area contributed by atoms with Gasteiger partial charge in [-0.05, 0) is 49.6 Å². The first kappa shape index (κ1) is 24.3. The van der Waals surface area contributed by atoms with Crippen LogP contribution < -0.4 is 5.32 Å². The molecule has 0 spiro atoms. The lowest BCUT2D eigenvalue weighted by atomic mass is 9.77. The lowest BCUT2D eigenvalue weighted by molar-refractivity contribution is -0.150. The maximum absolute atomic E-state index is 13.6. The fraction of sp³-hybridized carbons (Fsp3) is 0.462. The monoisotopic (exact) mass is 456 g/mol. The highest BCUT2D eigenvalue weighted by Gasteiger charge is 2.44. The van der Waals surface area contributed by atoms with Crippen LogP contribution in [0.15, 0.2) is 54.6 Å². The summed E-state index contributed by atoms with van der Waals surface area (Å²) in [5, 5.41) is 14.9. The third-order valence-electron chi connectivity index (χ3n) is 6.49. The van der Waals surface area contributed by atoms with Gasteiger partial charge in [-0.15, -0.1) is 0 Å². The second kappa shape index (κ2) is 10.1. The van der Waals surface area contributed by atoms with Crippen LogP contribution >= 0.6 is 11.6 Å². The molecule has 0 aromatic heterocycles. The van der Waals surface area contributed by atoms with E-state index < -0.39 is 5.60 Å². The predicted molar refractivity (Wildman–Crippen MR) is 127 cm³/mol. The summed E-state index contributed by atoms with van der Waals surface area (Å²) in [5.41, 5.74) is 0.396. The van der Waals surface area contributed by atoms with Gasteiger partial charge >= 0.3 is 0 Å². The number of carbonyl (C=O) groups is 2. The lowest BCUT2D eigenvalue weighted by Crippen LogP contribution is -2.57. The van der Waals surface area contributed by atoms with Crippen LogP contribution in [0.25, 0.3) is 0 Å². The van der Waals surface area contributed by atoms with Gasteiger partial charge in [-0.2, -0.15) is 0 Å². The Bertz CT molecular complexity index is 918. The van der Waals surface area contributed by atoms with Gasteiger partial charge in [0, 0.05) is 42.1 Å². The first-order valence-corrected chi connectivity index (χ1v) is 11.6. The summed E-state index contributed by atoms with van der Waals surface area (Å²) < 4.78 is 0. The number of piperidine rings is 1. The number of amides is 2. The van der Waals surface area contributed by atoms with Crippen LogP contribution in [0, 0.1) is 11.8 Å². The number of likely N-dealkylation sites (tertiary alicyclic amines) is 1. The van der Waals surface area contributed by atoms with E-state index in [-0.39, 0.29) is 42.3 Å². The van der Waals surface area contributed by atoms with Gasteiger partial charge in [-0.25, -0.2) is 0 Å². The molecule has 0 saturated carbocycles. The number of halogens is 1. The Hall–Kier alpha value is -2.37. The third-order valence-corrected chi connectivity index (χ3v) is 6.74. The smallest absolute Gasteiger partial charge is 0.251 e. The quantitative estimate of drug-likeness (QED) is 0.665. The highest BCUT2D eigenvalue weighted by atomic mass is 35.5. The van der Waals surface area contributed by atoms with Crippen LogP contribution in [-0.4, -0.2) is 40.4 Å². The molecule has 2 N–H and O–H groups in total. The van der Waals surface area contributed by atoms with E-state index in [9.17, 15) is 14.7 Å². The van der Waals surface area contributed by atoms with Crippen molar-refractivity contribution in [2.24, 2.45) is 11.8 Å². The van der Waals surface area contributed by atoms with Gasteiger partial charge in [0.2, 0.25) is 5.91 Å². The molecule has 4 atom stereocenters. The van der Waals surface area contributed by atoms with Gasteiger partial charge in [0.15, 0.2) is 0 Å². The Morgan fingerprint density at radius 3 is 2.16 bits per heavy atom. The van der Waals surface area contributed by atoms with E-state index in [4.69, 9.17) is 11.6 Å². The molecule has 2 amide bonds. The standard InChI is InChI=1S/C26H33ClN2O3/c1-17(2)23(16-28-24(30)20-8-6-5-7-9-20)25(31)29-18(3)14-26(32,15-19(29)4)21-10-12-22(27)13-11-21/h5-13,17-19,23,32H,14-16H2,1-4H3,(H,28,30)/t18-,19?,23+,26?/m0/s1. The van der Waals surface area contributed by atoms with Crippen molar-refractivity contribution in [3.05, 3.63) is 70.7 Å². The second-order valence-electron chi connectivity index (χ2n) is 9.32. The van der Waals surface area contributed by atoms with E-state index in [1.54, 1.807) is 24.3 Å². The maximum atomic E-state index is 13.6. The van der Waals surface area contributed by atoms with Gasteiger partial charge in [-0.3, -0.25) is 9.59 Å². The first-order valence-electron chi connectivity index (χ1n) is 11.3. The fourth-order valence-electron chi connectivity index (χ4n) is 4.82. The summed E-state index contributed by atoms with van der Waals surface area (Å²) >= 11 is 6.01. The Labute approximate surface area is 195 Å². The molecular formula is C26H33ClN2O3. The molecule has 1 fully saturated rings. The SMILES string of the molecule is CC(C)[C@@H](CNC(=O)c1ccccc1)C(=O)N1C(C)CC(O)(c2ccc(Cl)cc2)C[C@@H]1C. The molecule has 2 unspecified atom stereocenters. The zero-order valence-corrected chi connectivity index (χ0v) is 20.0. The number of carbonyl (C=O) groups excluding carboxylic acids is 2. The summed E-state index contributed by atoms with van der Waals surface area (Å²) in [4.78, 5) is 28.0. The van der Waals surface area contributed by atoms with Crippen molar-refractivity contribution in [1.82, 2.24) is 10.2 Å². The third kappa shape index (κ3) is 5.33. The summed E-state index contributed by atoms with van der Waals surface area (Å²) in [7, 11) is 0. The summed E-state index contributed by atoms with van der Waals surface area (Å²) in [6, 6.07) is 16.0. The molecule has 1 aliphatic rings. The number of nitrogens with zero attached hydrogens (tertiary/aromatic N) is 1. The van der Waals surface area contributed by atoms with Crippen LogP contribution in [0.4, 0.5) is 0 Å². The minimum Gasteiger partial charge on any atom is -0.385 e. The molecule has 0 bridgehead atoms. The van der Waals surface area contributed by atoms with Crippen molar-refractivity contribution in [3.63, 3.8) is 0 Å². The Kier molecular flexibility index (Phi) is 7.63. The van der Waals surface area contributed by atoms with E-state index >= 15 is 0 Å². The number of nitrogens with one attached hydrogen (secondary N) is 1. The Morgan fingerprint density at radius 2 is 1.62 bits per heavy atom. The predicted octanol–water partition coefficient (Wildman–Crippen LogP) is 4.63. The highest BCUT2D eigenvalue weighted by Crippen LogP contribution is 2.40. The topological polar surface area (TPSA) is 69.6 Å². The average Bonchev–Trinajstić information content (AvgIpc) is 2.73. The number of benzene rings is 2. The molecule has 1 aliphatic heterocycles. The van der Waals surface area contributed by atoms with Crippen LogP contribution in [0.5, 0.6) is 0 Å². The molecule has 0 radical (unpaired) electrons. The number of hydrogen-bond acceptors (Lipinski definition) is 3. The molecule has 5 nitrogen and oxygen atoms in total. The van der Waals surface area contributed by atoms with Crippen molar-refractivity contribution in [2.45, 2.75) is 58.2 Å². The van der Waals surface area contributed by atoms with E-state index in [1.165, 1.54) is 0 Å². The number of aliphatic hydroxyl groups is 1. The first-order chi connectivity index (χ1) is 15.1. The molecule has 2 aromatic carbocycles. The van der Waals surface area contributed by atoms with Gasteiger partial charge in [0.1, 0.15) is 0 Å². The van der Waals surface area contributed by atoms with Crippen molar-refractivity contribution in [2.75, 3.05) is 6.54 Å². The lowest BCUT2D eigenvalue weighted by Gasteiger charge is -2.48. The van der Waals surface area contributed by atoms with E-state index in [0.29, 0.717) is 23.4 Å². The van der Waals surface area contributed by atoms with Crippen molar-refractivity contribution in [1.29, 1.82) is 0 Å². The minimum atomic E-state index is -1.00. The number of hydrogen-bond donors (Lipinski definition) is 2. The van der Waals surface area contributed by atoms with Gasteiger partial charge < -0.3 is 15.3 Å². The van der Waals surface area contributed by atoms with Gasteiger partial charge in [0.25, 0.3) is 5.91 Å². The fourth-order valence-corrected chi connectivity index (χ4v) is 4.94. The van der Waals surface area contributed by atoms with Gasteiger partial charge in [0.05, 0.1) is 11.5 Å². The molecule has 3 rings (SSSR count). The highest BCUT2D eigenvalue weighted by molar-refractivity contribution is 6.30. The minimum absolute atomic E-state index is 0.0199. The van der Waals surface area contributed by atoms with Crippen molar-refractivity contribution in [3.8, 4) is 0 Å². The maximum Gasteiger partial charge on any atom is 0.251 e. The molecule has 2 aromatic rings. The zero-order valence-electron chi connectivity index (χ0n) is 19.2. The summed E-state index contributed by atoms with van der Waals surface area (Å²) in [6.45, 7) is 8.24. The summed E-state index contributed by atoms with van der Waals surface area (Å²) in [5.74, 6) is -0.434. The van der Waals surface area contributed by atoms with Crippen LogP contribution in [-0.2, 0) is 10.4 Å². The molecular weight excluding hydrogens is 424 g/mol. The molecule has 172 valence electrons. The summed E-state index contributed by atoms with van der Waals surface area (Å²) in [6.07, 6.45) is 0.901. The van der Waals surface area contributed by atoms with Crippen LogP contribution in [0.1, 0.15) is 56.5 Å². The Morgan fingerprint density at radius 1 is 1.06 bits per heavy atom.